The second-order valence-corrected chi connectivity index (χ2v) is 6.35. The first-order valence-corrected chi connectivity index (χ1v) is 7.98. The Balaban J connectivity index is 1.69. The van der Waals surface area contributed by atoms with Gasteiger partial charge < -0.3 is 5.11 Å². The van der Waals surface area contributed by atoms with Gasteiger partial charge >= 0.3 is 0 Å². The molecule has 1 N–H and O–H groups in total. The van der Waals surface area contributed by atoms with Crippen molar-refractivity contribution in [2.24, 2.45) is 11.8 Å². The van der Waals surface area contributed by atoms with Crippen molar-refractivity contribution in [2.75, 3.05) is 0 Å². The smallest absolute Gasteiger partial charge is 0.161 e. The molecule has 0 heterocycles. The summed E-state index contributed by atoms with van der Waals surface area (Å²) in [6.45, 7) is 0. The maximum absolute atomic E-state index is 12.0. The van der Waals surface area contributed by atoms with Crippen LogP contribution < -0.4 is 0 Å². The molecule has 0 aromatic rings. The molecule has 0 spiro atoms. The topological polar surface area (TPSA) is 37.3 Å². The molecule has 2 rings (SSSR count). The molecular formula is C16H28O2. The van der Waals surface area contributed by atoms with Crippen molar-refractivity contribution in [1.29, 1.82) is 0 Å². The number of hydrogen-bond acceptors (Lipinski definition) is 2. The first-order chi connectivity index (χ1) is 8.77. The minimum atomic E-state index is -0.658. The maximum atomic E-state index is 12.0. The van der Waals surface area contributed by atoms with Gasteiger partial charge in [-0.05, 0) is 31.1 Å². The van der Waals surface area contributed by atoms with Crippen LogP contribution in [0.5, 0.6) is 0 Å². The van der Waals surface area contributed by atoms with E-state index in [2.05, 4.69) is 0 Å². The normalized spacial score (nSPS) is 24.9. The van der Waals surface area contributed by atoms with Crippen molar-refractivity contribution < 1.29 is 9.90 Å². The molecular weight excluding hydrogens is 224 g/mol. The molecule has 104 valence electrons. The quantitative estimate of drug-likeness (QED) is 0.806. The predicted molar refractivity (Wildman–Crippen MR) is 73.4 cm³/mol. The third-order valence-corrected chi connectivity index (χ3v) is 4.95. The van der Waals surface area contributed by atoms with E-state index >= 15 is 0 Å². The molecule has 2 heteroatoms. The lowest BCUT2D eigenvalue weighted by Crippen LogP contribution is -2.31. The van der Waals surface area contributed by atoms with Crippen LogP contribution in [0, 0.1) is 11.8 Å². The third kappa shape index (κ3) is 4.08. The minimum Gasteiger partial charge on any atom is -0.385 e. The van der Waals surface area contributed by atoms with Crippen molar-refractivity contribution in [3.8, 4) is 0 Å². The highest BCUT2D eigenvalue weighted by Crippen LogP contribution is 2.30. The van der Waals surface area contributed by atoms with Gasteiger partial charge in [-0.2, -0.15) is 0 Å². The molecule has 0 aliphatic heterocycles. The fourth-order valence-electron chi connectivity index (χ4n) is 3.68. The zero-order valence-electron chi connectivity index (χ0n) is 11.6. The summed E-state index contributed by atoms with van der Waals surface area (Å²) in [6, 6.07) is 0. The molecule has 0 bridgehead atoms. The SMILES string of the molecule is O=C(CCC1CCCCC1)C(O)C1CCCCC1. The molecule has 1 atom stereocenters. The number of Topliss-reactive ketones (excluding diaryl/α,β-unsaturated/α-hetero) is 1. The van der Waals surface area contributed by atoms with Gasteiger partial charge in [-0.1, -0.05) is 51.4 Å². The van der Waals surface area contributed by atoms with E-state index in [4.69, 9.17) is 0 Å². The second kappa shape index (κ2) is 7.28. The van der Waals surface area contributed by atoms with Crippen molar-refractivity contribution in [1.82, 2.24) is 0 Å². The Hall–Kier alpha value is -0.370. The predicted octanol–water partition coefficient (Wildman–Crippen LogP) is 3.86. The van der Waals surface area contributed by atoms with Crippen LogP contribution in [0.3, 0.4) is 0 Å². The lowest BCUT2D eigenvalue weighted by atomic mass is 9.81. The number of carbonyl (C=O) groups excluding carboxylic acids is 1. The lowest BCUT2D eigenvalue weighted by Gasteiger charge is -2.26. The van der Waals surface area contributed by atoms with E-state index in [1.165, 1.54) is 51.4 Å². The van der Waals surface area contributed by atoms with Gasteiger partial charge in [0.2, 0.25) is 0 Å². The van der Waals surface area contributed by atoms with Gasteiger partial charge in [0, 0.05) is 6.42 Å². The fraction of sp³-hybridized carbons (Fsp3) is 0.938. The van der Waals surface area contributed by atoms with E-state index in [0.29, 0.717) is 6.42 Å². The van der Waals surface area contributed by atoms with Gasteiger partial charge in [0.25, 0.3) is 0 Å². The van der Waals surface area contributed by atoms with Crippen LogP contribution in [0.4, 0.5) is 0 Å². The molecule has 2 nitrogen and oxygen atoms in total. The van der Waals surface area contributed by atoms with Crippen LogP contribution in [0.1, 0.15) is 77.0 Å². The summed E-state index contributed by atoms with van der Waals surface area (Å²) in [5.74, 6) is 1.13. The summed E-state index contributed by atoms with van der Waals surface area (Å²) in [7, 11) is 0. The van der Waals surface area contributed by atoms with Gasteiger partial charge in [0.15, 0.2) is 5.78 Å². The van der Waals surface area contributed by atoms with Crippen LogP contribution in [-0.4, -0.2) is 17.0 Å². The molecule has 0 radical (unpaired) electrons. The molecule has 0 aromatic carbocycles. The maximum Gasteiger partial charge on any atom is 0.161 e. The number of hydrogen-bond donors (Lipinski definition) is 1. The number of aliphatic hydroxyl groups excluding tert-OH is 1. The van der Waals surface area contributed by atoms with E-state index < -0.39 is 6.10 Å². The molecule has 0 amide bonds. The number of aliphatic hydroxyl groups is 1. The largest absolute Gasteiger partial charge is 0.385 e. The summed E-state index contributed by atoms with van der Waals surface area (Å²) in [4.78, 5) is 12.0. The Kier molecular flexibility index (Phi) is 5.68. The van der Waals surface area contributed by atoms with Crippen LogP contribution >= 0.6 is 0 Å². The summed E-state index contributed by atoms with van der Waals surface area (Å²) in [5.41, 5.74) is 0. The van der Waals surface area contributed by atoms with Crippen molar-refractivity contribution in [2.45, 2.75) is 83.2 Å². The lowest BCUT2D eigenvalue weighted by molar-refractivity contribution is -0.130. The van der Waals surface area contributed by atoms with Crippen LogP contribution in [-0.2, 0) is 4.79 Å². The monoisotopic (exact) mass is 252 g/mol. The van der Waals surface area contributed by atoms with E-state index in [9.17, 15) is 9.90 Å². The van der Waals surface area contributed by atoms with Gasteiger partial charge in [-0.25, -0.2) is 0 Å². The highest BCUT2D eigenvalue weighted by Gasteiger charge is 2.27. The van der Waals surface area contributed by atoms with Crippen molar-refractivity contribution in [3.63, 3.8) is 0 Å². The van der Waals surface area contributed by atoms with E-state index in [0.717, 1.165) is 25.2 Å². The first-order valence-electron chi connectivity index (χ1n) is 7.98. The molecule has 2 aliphatic rings. The zero-order valence-corrected chi connectivity index (χ0v) is 11.6. The number of carbonyl (C=O) groups is 1. The van der Waals surface area contributed by atoms with Crippen molar-refractivity contribution in [3.05, 3.63) is 0 Å². The van der Waals surface area contributed by atoms with Crippen LogP contribution in [0.15, 0.2) is 0 Å². The number of rotatable bonds is 5. The van der Waals surface area contributed by atoms with Crippen molar-refractivity contribution >= 4 is 5.78 Å². The van der Waals surface area contributed by atoms with Gasteiger partial charge in [-0.3, -0.25) is 4.79 Å². The molecule has 0 saturated heterocycles. The van der Waals surface area contributed by atoms with Gasteiger partial charge in [-0.15, -0.1) is 0 Å². The standard InChI is InChI=1S/C16H28O2/c17-15(12-11-13-7-3-1-4-8-13)16(18)14-9-5-2-6-10-14/h13-14,16,18H,1-12H2. The Labute approximate surface area is 111 Å². The molecule has 0 aromatic heterocycles. The first kappa shape index (κ1) is 14.0. The highest BCUT2D eigenvalue weighted by molar-refractivity contribution is 5.83. The van der Waals surface area contributed by atoms with E-state index in [1.807, 2.05) is 0 Å². The summed E-state index contributed by atoms with van der Waals surface area (Å²) >= 11 is 0. The Bertz CT molecular complexity index is 250. The molecule has 2 aliphatic carbocycles. The highest BCUT2D eigenvalue weighted by atomic mass is 16.3. The summed E-state index contributed by atoms with van der Waals surface area (Å²) in [5, 5.41) is 10.1. The molecule has 2 saturated carbocycles. The Morgan fingerprint density at radius 2 is 1.50 bits per heavy atom. The molecule has 1 unspecified atom stereocenters. The van der Waals surface area contributed by atoms with E-state index in [1.54, 1.807) is 0 Å². The second-order valence-electron chi connectivity index (χ2n) is 6.35. The molecule has 18 heavy (non-hydrogen) atoms. The van der Waals surface area contributed by atoms with Gasteiger partial charge in [0.1, 0.15) is 6.10 Å². The third-order valence-electron chi connectivity index (χ3n) is 4.95. The average molecular weight is 252 g/mol. The fourth-order valence-corrected chi connectivity index (χ4v) is 3.68. The number of ketones is 1. The van der Waals surface area contributed by atoms with Gasteiger partial charge in [0.05, 0.1) is 0 Å². The van der Waals surface area contributed by atoms with E-state index in [-0.39, 0.29) is 11.7 Å². The average Bonchev–Trinajstić information content (AvgIpc) is 2.46. The van der Waals surface area contributed by atoms with Crippen LogP contribution in [0.2, 0.25) is 0 Å². The Morgan fingerprint density at radius 1 is 0.944 bits per heavy atom. The Morgan fingerprint density at radius 3 is 2.11 bits per heavy atom. The minimum absolute atomic E-state index is 0.118. The summed E-state index contributed by atoms with van der Waals surface area (Å²) in [6.07, 6.45) is 13.4. The summed E-state index contributed by atoms with van der Waals surface area (Å²) < 4.78 is 0. The molecule has 2 fully saturated rings. The van der Waals surface area contributed by atoms with Crippen LogP contribution in [0.25, 0.3) is 0 Å². The zero-order chi connectivity index (χ0) is 12.8.